The van der Waals surface area contributed by atoms with Crippen LogP contribution in [0.15, 0.2) is 18.3 Å². The monoisotopic (exact) mass is 289 g/mol. The van der Waals surface area contributed by atoms with Crippen molar-refractivity contribution in [1.82, 2.24) is 4.98 Å². The topological polar surface area (TPSA) is 49.8 Å². The van der Waals surface area contributed by atoms with Crippen molar-refractivity contribution in [3.63, 3.8) is 0 Å². The second-order valence-corrected chi connectivity index (χ2v) is 3.95. The Balaban J connectivity index is 1.98. The predicted octanol–water partition coefficient (Wildman–Crippen LogP) is 1.88. The van der Waals surface area contributed by atoms with Crippen LogP contribution in [0.5, 0.6) is 5.75 Å². The van der Waals surface area contributed by atoms with Gasteiger partial charge in [-0.3, -0.25) is 4.98 Å². The minimum absolute atomic E-state index is 0.381. The molecule has 0 amide bonds. The molecule has 19 heavy (non-hydrogen) atoms. The van der Waals surface area contributed by atoms with Crippen molar-refractivity contribution >= 4 is 11.6 Å². The molecule has 0 bridgehead atoms. The van der Waals surface area contributed by atoms with Gasteiger partial charge >= 0.3 is 0 Å². The number of alkyl halides is 1. The van der Waals surface area contributed by atoms with Gasteiger partial charge in [0.15, 0.2) is 0 Å². The lowest BCUT2D eigenvalue weighted by molar-refractivity contribution is 0.0179. The van der Waals surface area contributed by atoms with E-state index in [-0.39, 0.29) is 0 Å². The highest BCUT2D eigenvalue weighted by molar-refractivity contribution is 6.16. The number of methoxy groups -OCH3 is 1. The maximum absolute atomic E-state index is 5.69. The lowest BCUT2D eigenvalue weighted by Gasteiger charge is -2.08. The molecule has 0 atom stereocenters. The standard InChI is InChI=1S/C13H20ClNO4/c1-16-4-5-17-6-7-18-8-9-19-13-2-3-15-12(10-13)11-14/h2-3,10H,4-9,11H2,1H3. The molecule has 1 aromatic rings. The van der Waals surface area contributed by atoms with Gasteiger partial charge in [-0.25, -0.2) is 0 Å². The third kappa shape index (κ3) is 8.00. The molecule has 0 saturated heterocycles. The van der Waals surface area contributed by atoms with Crippen LogP contribution in [-0.4, -0.2) is 51.7 Å². The largest absolute Gasteiger partial charge is 0.491 e. The summed E-state index contributed by atoms with van der Waals surface area (Å²) in [5, 5.41) is 0. The Morgan fingerprint density at radius 3 is 2.42 bits per heavy atom. The molecule has 108 valence electrons. The van der Waals surface area contributed by atoms with Crippen LogP contribution in [0.3, 0.4) is 0 Å². The molecule has 0 aromatic carbocycles. The summed E-state index contributed by atoms with van der Waals surface area (Å²) in [6.45, 7) is 3.32. The molecule has 0 N–H and O–H groups in total. The Bertz CT molecular complexity index is 338. The summed E-state index contributed by atoms with van der Waals surface area (Å²) in [6, 6.07) is 3.62. The molecule has 0 fully saturated rings. The Morgan fingerprint density at radius 2 is 1.74 bits per heavy atom. The van der Waals surface area contributed by atoms with E-state index in [2.05, 4.69) is 4.98 Å². The predicted molar refractivity (Wildman–Crippen MR) is 72.8 cm³/mol. The first-order chi connectivity index (χ1) is 9.36. The number of halogens is 1. The van der Waals surface area contributed by atoms with Crippen molar-refractivity contribution in [1.29, 1.82) is 0 Å². The van der Waals surface area contributed by atoms with E-state index in [1.54, 1.807) is 19.4 Å². The molecular weight excluding hydrogens is 270 g/mol. The van der Waals surface area contributed by atoms with E-state index >= 15 is 0 Å². The average molecular weight is 290 g/mol. The van der Waals surface area contributed by atoms with Gasteiger partial charge in [0.25, 0.3) is 0 Å². The van der Waals surface area contributed by atoms with Gasteiger partial charge in [-0.1, -0.05) is 0 Å². The zero-order valence-electron chi connectivity index (χ0n) is 11.1. The van der Waals surface area contributed by atoms with E-state index in [0.717, 1.165) is 11.4 Å². The maximum Gasteiger partial charge on any atom is 0.122 e. The molecule has 0 spiro atoms. The van der Waals surface area contributed by atoms with Crippen LogP contribution in [0.1, 0.15) is 5.69 Å². The zero-order valence-corrected chi connectivity index (χ0v) is 11.9. The van der Waals surface area contributed by atoms with Crippen molar-refractivity contribution in [2.45, 2.75) is 5.88 Å². The Hall–Kier alpha value is -0.880. The third-order valence-electron chi connectivity index (χ3n) is 2.23. The average Bonchev–Trinajstić information content (AvgIpc) is 2.46. The van der Waals surface area contributed by atoms with Crippen LogP contribution in [0, 0.1) is 0 Å². The molecule has 0 aliphatic rings. The van der Waals surface area contributed by atoms with Crippen molar-refractivity contribution in [2.75, 3.05) is 46.8 Å². The molecule has 0 unspecified atom stereocenters. The summed E-state index contributed by atoms with van der Waals surface area (Å²) in [6.07, 6.45) is 1.68. The van der Waals surface area contributed by atoms with E-state index in [4.69, 9.17) is 30.5 Å². The van der Waals surface area contributed by atoms with Gasteiger partial charge in [0.1, 0.15) is 12.4 Å². The minimum Gasteiger partial charge on any atom is -0.491 e. The minimum atomic E-state index is 0.381. The highest BCUT2D eigenvalue weighted by Crippen LogP contribution is 2.11. The molecule has 6 heteroatoms. The maximum atomic E-state index is 5.69. The van der Waals surface area contributed by atoms with Crippen molar-refractivity contribution in [3.8, 4) is 5.75 Å². The fourth-order valence-corrected chi connectivity index (χ4v) is 1.45. The van der Waals surface area contributed by atoms with Gasteiger partial charge in [-0.15, -0.1) is 11.6 Å². The number of nitrogens with zero attached hydrogens (tertiary/aromatic N) is 1. The number of ether oxygens (including phenoxy) is 4. The summed E-state index contributed by atoms with van der Waals surface area (Å²) in [4.78, 5) is 4.08. The van der Waals surface area contributed by atoms with Crippen LogP contribution in [0.25, 0.3) is 0 Å². The molecule has 1 rings (SSSR count). The summed E-state index contributed by atoms with van der Waals surface area (Å²) < 4.78 is 21.0. The second kappa shape index (κ2) is 11.0. The number of rotatable bonds is 11. The number of aromatic nitrogens is 1. The summed E-state index contributed by atoms with van der Waals surface area (Å²) >= 11 is 5.69. The molecule has 0 aliphatic carbocycles. The summed E-state index contributed by atoms with van der Waals surface area (Å²) in [5.41, 5.74) is 0.798. The molecule has 0 saturated carbocycles. The number of hydrogen-bond acceptors (Lipinski definition) is 5. The van der Waals surface area contributed by atoms with Crippen molar-refractivity contribution in [2.24, 2.45) is 0 Å². The third-order valence-corrected chi connectivity index (χ3v) is 2.50. The van der Waals surface area contributed by atoms with Crippen molar-refractivity contribution in [3.05, 3.63) is 24.0 Å². The van der Waals surface area contributed by atoms with Gasteiger partial charge < -0.3 is 18.9 Å². The Morgan fingerprint density at radius 1 is 1.05 bits per heavy atom. The molecule has 0 radical (unpaired) electrons. The van der Waals surface area contributed by atoms with Crippen LogP contribution in [0.4, 0.5) is 0 Å². The van der Waals surface area contributed by atoms with Gasteiger partial charge in [0.2, 0.25) is 0 Å². The summed E-state index contributed by atoms with van der Waals surface area (Å²) in [7, 11) is 1.64. The van der Waals surface area contributed by atoms with E-state index < -0.39 is 0 Å². The lowest BCUT2D eigenvalue weighted by Crippen LogP contribution is -2.12. The molecule has 5 nitrogen and oxygen atoms in total. The SMILES string of the molecule is COCCOCCOCCOc1ccnc(CCl)c1. The quantitative estimate of drug-likeness (QED) is 0.460. The van der Waals surface area contributed by atoms with Gasteiger partial charge in [-0.2, -0.15) is 0 Å². The normalized spacial score (nSPS) is 10.6. The van der Waals surface area contributed by atoms with Gasteiger partial charge in [0, 0.05) is 19.4 Å². The first kappa shape index (κ1) is 16.2. The lowest BCUT2D eigenvalue weighted by atomic mass is 10.3. The van der Waals surface area contributed by atoms with Crippen molar-refractivity contribution < 1.29 is 18.9 Å². The zero-order chi connectivity index (χ0) is 13.8. The first-order valence-electron chi connectivity index (χ1n) is 6.15. The molecular formula is C13H20ClNO4. The van der Waals surface area contributed by atoms with Crippen LogP contribution < -0.4 is 4.74 Å². The van der Waals surface area contributed by atoms with E-state index in [0.29, 0.717) is 45.5 Å². The van der Waals surface area contributed by atoms with Crippen LogP contribution in [-0.2, 0) is 20.1 Å². The second-order valence-electron chi connectivity index (χ2n) is 3.68. The van der Waals surface area contributed by atoms with Crippen LogP contribution in [0.2, 0.25) is 0 Å². The van der Waals surface area contributed by atoms with Gasteiger partial charge in [0.05, 0.1) is 44.6 Å². The Labute approximate surface area is 118 Å². The van der Waals surface area contributed by atoms with Crippen LogP contribution >= 0.6 is 11.6 Å². The smallest absolute Gasteiger partial charge is 0.122 e. The highest BCUT2D eigenvalue weighted by atomic mass is 35.5. The van der Waals surface area contributed by atoms with Gasteiger partial charge in [-0.05, 0) is 6.07 Å². The molecule has 1 heterocycles. The fraction of sp³-hybridized carbons (Fsp3) is 0.615. The number of pyridine rings is 1. The summed E-state index contributed by atoms with van der Waals surface area (Å²) in [5.74, 6) is 1.14. The molecule has 1 aromatic heterocycles. The van der Waals surface area contributed by atoms with E-state index in [1.807, 2.05) is 6.07 Å². The Kier molecular flexibility index (Phi) is 9.36. The first-order valence-corrected chi connectivity index (χ1v) is 6.68. The number of hydrogen-bond donors (Lipinski definition) is 0. The van der Waals surface area contributed by atoms with E-state index in [9.17, 15) is 0 Å². The fourth-order valence-electron chi connectivity index (χ4n) is 1.30. The van der Waals surface area contributed by atoms with E-state index in [1.165, 1.54) is 0 Å². The molecule has 0 aliphatic heterocycles. The highest BCUT2D eigenvalue weighted by Gasteiger charge is 1.97.